The Balaban J connectivity index is 2.03. The van der Waals surface area contributed by atoms with Gasteiger partial charge in [-0.25, -0.2) is 0 Å². The van der Waals surface area contributed by atoms with Gasteiger partial charge in [0.05, 0.1) is 13.5 Å². The lowest BCUT2D eigenvalue weighted by molar-refractivity contribution is -0.131. The molecule has 140 valence electrons. The molecule has 0 radical (unpaired) electrons. The molecule has 0 unspecified atom stereocenters. The van der Waals surface area contributed by atoms with Crippen molar-refractivity contribution in [2.45, 2.75) is 33.6 Å². The molecule has 0 aliphatic rings. The van der Waals surface area contributed by atoms with E-state index >= 15 is 0 Å². The molecule has 2 rings (SSSR count). The van der Waals surface area contributed by atoms with Gasteiger partial charge in [0.2, 0.25) is 5.91 Å². The van der Waals surface area contributed by atoms with E-state index < -0.39 is 0 Å². The molecule has 0 atom stereocenters. The second-order valence-corrected chi connectivity index (χ2v) is 7.89. The zero-order valence-electron chi connectivity index (χ0n) is 16.3. The van der Waals surface area contributed by atoms with Crippen LogP contribution >= 0.6 is 0 Å². The number of hydrogen-bond donors (Lipinski definition) is 1. The summed E-state index contributed by atoms with van der Waals surface area (Å²) in [6.45, 7) is 7.91. The van der Waals surface area contributed by atoms with Crippen molar-refractivity contribution < 1.29 is 9.53 Å². The van der Waals surface area contributed by atoms with E-state index in [1.165, 1.54) is 5.56 Å². The summed E-state index contributed by atoms with van der Waals surface area (Å²) in [6.07, 6.45) is 1.23. The van der Waals surface area contributed by atoms with Gasteiger partial charge in [-0.2, -0.15) is 0 Å². The van der Waals surface area contributed by atoms with Crippen LogP contribution in [0, 0.1) is 5.41 Å². The summed E-state index contributed by atoms with van der Waals surface area (Å²) in [6, 6.07) is 15.6. The highest BCUT2D eigenvalue weighted by atomic mass is 16.5. The smallest absolute Gasteiger partial charge is 0.227 e. The summed E-state index contributed by atoms with van der Waals surface area (Å²) in [5.41, 5.74) is 8.69. The molecule has 0 heterocycles. The van der Waals surface area contributed by atoms with Crippen molar-refractivity contribution in [3.05, 3.63) is 59.7 Å². The quantitative estimate of drug-likeness (QED) is 0.766. The average Bonchev–Trinajstić information content (AvgIpc) is 2.60. The van der Waals surface area contributed by atoms with Crippen LogP contribution in [0.5, 0.6) is 5.75 Å². The fourth-order valence-electron chi connectivity index (χ4n) is 2.84. The molecule has 0 aliphatic heterocycles. The maximum Gasteiger partial charge on any atom is 0.227 e. The van der Waals surface area contributed by atoms with Gasteiger partial charge in [0.1, 0.15) is 5.75 Å². The topological polar surface area (TPSA) is 55.6 Å². The van der Waals surface area contributed by atoms with Gasteiger partial charge in [-0.3, -0.25) is 4.79 Å². The first-order valence-electron chi connectivity index (χ1n) is 9.02. The molecule has 0 aromatic heterocycles. The number of nitrogen functional groups attached to an aromatic ring is 1. The number of hydrogen-bond acceptors (Lipinski definition) is 3. The van der Waals surface area contributed by atoms with E-state index in [0.29, 0.717) is 18.7 Å². The second-order valence-electron chi connectivity index (χ2n) is 7.89. The number of methoxy groups -OCH3 is 1. The Morgan fingerprint density at radius 2 is 1.58 bits per heavy atom. The molecule has 4 heteroatoms. The minimum atomic E-state index is 0.0523. The van der Waals surface area contributed by atoms with Crippen LogP contribution in [-0.4, -0.2) is 31.0 Å². The number of nitrogens with zero attached hydrogens (tertiary/aromatic N) is 1. The number of ether oxygens (including phenoxy) is 1. The van der Waals surface area contributed by atoms with E-state index in [-0.39, 0.29) is 11.3 Å². The first-order chi connectivity index (χ1) is 12.3. The number of carbonyl (C=O) groups is 1. The minimum Gasteiger partial charge on any atom is -0.497 e. The van der Waals surface area contributed by atoms with Crippen molar-refractivity contribution in [1.82, 2.24) is 4.90 Å². The van der Waals surface area contributed by atoms with Crippen molar-refractivity contribution >= 4 is 11.6 Å². The highest BCUT2D eigenvalue weighted by Crippen LogP contribution is 2.18. The van der Waals surface area contributed by atoms with E-state index in [1.807, 2.05) is 41.3 Å². The summed E-state index contributed by atoms with van der Waals surface area (Å²) in [4.78, 5) is 14.8. The van der Waals surface area contributed by atoms with Gasteiger partial charge in [-0.05, 0) is 47.2 Å². The third-order valence-electron chi connectivity index (χ3n) is 4.18. The van der Waals surface area contributed by atoms with Crippen LogP contribution < -0.4 is 10.5 Å². The van der Waals surface area contributed by atoms with Crippen molar-refractivity contribution in [2.24, 2.45) is 5.41 Å². The molecule has 26 heavy (non-hydrogen) atoms. The van der Waals surface area contributed by atoms with Crippen LogP contribution in [0.15, 0.2) is 48.5 Å². The SMILES string of the molecule is COc1ccc(CCN(CC(C)(C)C)C(=O)Cc2ccc(N)cc2)cc1. The molecule has 0 bridgehead atoms. The Morgan fingerprint density at radius 1 is 1.00 bits per heavy atom. The summed E-state index contributed by atoms with van der Waals surface area (Å²) >= 11 is 0. The van der Waals surface area contributed by atoms with E-state index in [4.69, 9.17) is 10.5 Å². The average molecular weight is 354 g/mol. The monoisotopic (exact) mass is 354 g/mol. The number of carbonyl (C=O) groups excluding carboxylic acids is 1. The van der Waals surface area contributed by atoms with Crippen molar-refractivity contribution in [3.8, 4) is 5.75 Å². The van der Waals surface area contributed by atoms with Crippen LogP contribution in [0.1, 0.15) is 31.9 Å². The standard InChI is InChI=1S/C22H30N2O2/c1-22(2,3)16-24(14-13-17-7-11-20(26-4)12-8-17)21(25)15-18-5-9-19(23)10-6-18/h5-12H,13-16,23H2,1-4H3. The molecule has 2 aromatic carbocycles. The van der Waals surface area contributed by atoms with Crippen LogP contribution in [0.4, 0.5) is 5.69 Å². The van der Waals surface area contributed by atoms with Gasteiger partial charge in [-0.1, -0.05) is 45.0 Å². The predicted molar refractivity (Wildman–Crippen MR) is 107 cm³/mol. The minimum absolute atomic E-state index is 0.0523. The van der Waals surface area contributed by atoms with Crippen molar-refractivity contribution in [3.63, 3.8) is 0 Å². The summed E-state index contributed by atoms with van der Waals surface area (Å²) in [5.74, 6) is 0.998. The molecular formula is C22H30N2O2. The zero-order valence-corrected chi connectivity index (χ0v) is 16.3. The first-order valence-corrected chi connectivity index (χ1v) is 9.02. The third-order valence-corrected chi connectivity index (χ3v) is 4.18. The molecule has 0 saturated carbocycles. The fraction of sp³-hybridized carbons (Fsp3) is 0.409. The highest BCUT2D eigenvalue weighted by Gasteiger charge is 2.21. The van der Waals surface area contributed by atoms with Gasteiger partial charge in [-0.15, -0.1) is 0 Å². The molecule has 4 nitrogen and oxygen atoms in total. The summed E-state index contributed by atoms with van der Waals surface area (Å²) in [7, 11) is 1.66. The number of rotatable bonds is 7. The van der Waals surface area contributed by atoms with Crippen LogP contribution in [0.25, 0.3) is 0 Å². The lowest BCUT2D eigenvalue weighted by Gasteiger charge is -2.30. The molecule has 0 aliphatic carbocycles. The fourth-order valence-corrected chi connectivity index (χ4v) is 2.84. The molecule has 2 N–H and O–H groups in total. The molecule has 0 fully saturated rings. The van der Waals surface area contributed by atoms with Crippen LogP contribution in [0.2, 0.25) is 0 Å². The van der Waals surface area contributed by atoms with Gasteiger partial charge in [0, 0.05) is 18.8 Å². The first kappa shape index (κ1) is 19.8. The molecule has 0 spiro atoms. The van der Waals surface area contributed by atoms with Gasteiger partial charge >= 0.3 is 0 Å². The molecular weight excluding hydrogens is 324 g/mol. The lowest BCUT2D eigenvalue weighted by atomic mass is 9.95. The van der Waals surface area contributed by atoms with Crippen molar-refractivity contribution in [2.75, 3.05) is 25.9 Å². The largest absolute Gasteiger partial charge is 0.497 e. The zero-order chi connectivity index (χ0) is 19.2. The maximum absolute atomic E-state index is 12.9. The van der Waals surface area contributed by atoms with Gasteiger partial charge in [0.25, 0.3) is 0 Å². The Bertz CT molecular complexity index is 700. The Labute approximate surface area is 157 Å². The number of nitrogens with two attached hydrogens (primary N) is 1. The van der Waals surface area contributed by atoms with E-state index in [1.54, 1.807) is 7.11 Å². The van der Waals surface area contributed by atoms with Gasteiger partial charge < -0.3 is 15.4 Å². The van der Waals surface area contributed by atoms with E-state index in [2.05, 4.69) is 32.9 Å². The van der Waals surface area contributed by atoms with Crippen LogP contribution in [0.3, 0.4) is 0 Å². The van der Waals surface area contributed by atoms with Crippen LogP contribution in [-0.2, 0) is 17.6 Å². The lowest BCUT2D eigenvalue weighted by Crippen LogP contribution is -2.40. The Kier molecular flexibility index (Phi) is 6.67. The summed E-state index contributed by atoms with van der Waals surface area (Å²) in [5, 5.41) is 0. The maximum atomic E-state index is 12.9. The molecule has 0 saturated heterocycles. The van der Waals surface area contributed by atoms with E-state index in [9.17, 15) is 4.79 Å². The normalized spacial score (nSPS) is 11.2. The number of amides is 1. The van der Waals surface area contributed by atoms with Crippen molar-refractivity contribution in [1.29, 1.82) is 0 Å². The Hall–Kier alpha value is -2.49. The summed E-state index contributed by atoms with van der Waals surface area (Å²) < 4.78 is 5.20. The second kappa shape index (κ2) is 8.75. The molecule has 2 aromatic rings. The third kappa shape index (κ3) is 6.43. The number of anilines is 1. The predicted octanol–water partition coefficient (Wildman–Crippen LogP) is 3.94. The van der Waals surface area contributed by atoms with E-state index in [0.717, 1.165) is 24.3 Å². The molecule has 1 amide bonds. The van der Waals surface area contributed by atoms with Gasteiger partial charge in [0.15, 0.2) is 0 Å². The Morgan fingerprint density at radius 3 is 2.12 bits per heavy atom. The highest BCUT2D eigenvalue weighted by molar-refractivity contribution is 5.79. The number of benzene rings is 2.